The van der Waals surface area contributed by atoms with E-state index in [0.29, 0.717) is 6.54 Å². The third-order valence-electron chi connectivity index (χ3n) is 2.44. The molecular formula is C15H26IN3O. The lowest BCUT2D eigenvalue weighted by molar-refractivity contribution is 0.410. The third kappa shape index (κ3) is 6.98. The van der Waals surface area contributed by atoms with Gasteiger partial charge in [-0.1, -0.05) is 18.2 Å². The van der Waals surface area contributed by atoms with Gasteiger partial charge in [0, 0.05) is 17.6 Å². The van der Waals surface area contributed by atoms with Crippen LogP contribution < -0.4 is 15.4 Å². The van der Waals surface area contributed by atoms with E-state index >= 15 is 0 Å². The molecule has 0 unspecified atom stereocenters. The fraction of sp³-hybridized carbons (Fsp3) is 0.533. The van der Waals surface area contributed by atoms with Gasteiger partial charge in [0.15, 0.2) is 5.96 Å². The molecule has 0 atom stereocenters. The molecule has 0 fully saturated rings. The van der Waals surface area contributed by atoms with Gasteiger partial charge in [-0.15, -0.1) is 24.0 Å². The number of nitrogens with one attached hydrogen (secondary N) is 2. The predicted octanol–water partition coefficient (Wildman–Crippen LogP) is 3.17. The van der Waals surface area contributed by atoms with Crippen LogP contribution in [-0.4, -0.2) is 25.2 Å². The SMILES string of the molecule is CCNC(=NCc1ccccc1OC)NC(C)(C)C.I. The summed E-state index contributed by atoms with van der Waals surface area (Å²) in [7, 11) is 1.68. The smallest absolute Gasteiger partial charge is 0.191 e. The van der Waals surface area contributed by atoms with Crippen molar-refractivity contribution in [1.82, 2.24) is 10.6 Å². The maximum absolute atomic E-state index is 5.33. The highest BCUT2D eigenvalue weighted by Crippen LogP contribution is 2.17. The minimum atomic E-state index is -0.0121. The van der Waals surface area contributed by atoms with E-state index in [4.69, 9.17) is 4.74 Å². The number of ether oxygens (including phenoxy) is 1. The van der Waals surface area contributed by atoms with E-state index in [1.807, 2.05) is 24.3 Å². The fourth-order valence-electron chi connectivity index (χ4n) is 1.66. The molecule has 0 aliphatic heterocycles. The molecule has 2 N–H and O–H groups in total. The first-order chi connectivity index (χ1) is 8.96. The lowest BCUT2D eigenvalue weighted by Gasteiger charge is -2.23. The summed E-state index contributed by atoms with van der Waals surface area (Å²) in [6, 6.07) is 7.94. The summed E-state index contributed by atoms with van der Waals surface area (Å²) in [5.41, 5.74) is 1.07. The first-order valence-electron chi connectivity index (χ1n) is 6.64. The Hall–Kier alpha value is -0.980. The van der Waals surface area contributed by atoms with Crippen molar-refractivity contribution in [2.45, 2.75) is 39.8 Å². The molecule has 0 heterocycles. The Morgan fingerprint density at radius 3 is 2.45 bits per heavy atom. The number of nitrogens with zero attached hydrogens (tertiary/aromatic N) is 1. The minimum Gasteiger partial charge on any atom is -0.496 e. The molecule has 5 heteroatoms. The second-order valence-electron chi connectivity index (χ2n) is 5.38. The van der Waals surface area contributed by atoms with Crippen molar-refractivity contribution in [3.63, 3.8) is 0 Å². The van der Waals surface area contributed by atoms with E-state index in [9.17, 15) is 0 Å². The number of benzene rings is 1. The summed E-state index contributed by atoms with van der Waals surface area (Å²) < 4.78 is 5.33. The molecule has 0 aliphatic carbocycles. The summed E-state index contributed by atoms with van der Waals surface area (Å²) in [6.07, 6.45) is 0. The van der Waals surface area contributed by atoms with Crippen LogP contribution in [0.5, 0.6) is 5.75 Å². The van der Waals surface area contributed by atoms with Gasteiger partial charge in [0.05, 0.1) is 13.7 Å². The first-order valence-corrected chi connectivity index (χ1v) is 6.64. The summed E-state index contributed by atoms with van der Waals surface area (Å²) >= 11 is 0. The van der Waals surface area contributed by atoms with Crippen LogP contribution in [0.25, 0.3) is 0 Å². The number of para-hydroxylation sites is 1. The number of hydrogen-bond acceptors (Lipinski definition) is 2. The van der Waals surface area contributed by atoms with Crippen LogP contribution in [0.2, 0.25) is 0 Å². The monoisotopic (exact) mass is 391 g/mol. The molecule has 4 nitrogen and oxygen atoms in total. The molecule has 0 spiro atoms. The molecule has 0 saturated heterocycles. The van der Waals surface area contributed by atoms with Gasteiger partial charge in [0.1, 0.15) is 5.75 Å². The molecule has 0 amide bonds. The minimum absolute atomic E-state index is 0. The van der Waals surface area contributed by atoms with Crippen LogP contribution in [0.4, 0.5) is 0 Å². The number of methoxy groups -OCH3 is 1. The van der Waals surface area contributed by atoms with Gasteiger partial charge in [-0.05, 0) is 33.8 Å². The van der Waals surface area contributed by atoms with Gasteiger partial charge >= 0.3 is 0 Å². The Kier molecular flexibility index (Phi) is 8.60. The van der Waals surface area contributed by atoms with Crippen molar-refractivity contribution in [2.75, 3.05) is 13.7 Å². The highest BCUT2D eigenvalue weighted by atomic mass is 127. The molecule has 1 rings (SSSR count). The van der Waals surface area contributed by atoms with E-state index < -0.39 is 0 Å². The highest BCUT2D eigenvalue weighted by molar-refractivity contribution is 14.0. The van der Waals surface area contributed by atoms with Crippen LogP contribution in [0.3, 0.4) is 0 Å². The number of aliphatic imine (C=N–C) groups is 1. The van der Waals surface area contributed by atoms with Crippen molar-refractivity contribution in [3.05, 3.63) is 29.8 Å². The Labute approximate surface area is 139 Å². The quantitative estimate of drug-likeness (QED) is 0.471. The highest BCUT2D eigenvalue weighted by Gasteiger charge is 2.11. The summed E-state index contributed by atoms with van der Waals surface area (Å²) in [5.74, 6) is 1.69. The molecular weight excluding hydrogens is 365 g/mol. The summed E-state index contributed by atoms with van der Waals surface area (Å²) in [4.78, 5) is 4.59. The molecule has 0 aromatic heterocycles. The van der Waals surface area contributed by atoms with Crippen LogP contribution in [0, 0.1) is 0 Å². The third-order valence-corrected chi connectivity index (χ3v) is 2.44. The second-order valence-corrected chi connectivity index (χ2v) is 5.38. The van der Waals surface area contributed by atoms with Gasteiger partial charge < -0.3 is 15.4 Å². The zero-order valence-corrected chi connectivity index (χ0v) is 15.3. The fourth-order valence-corrected chi connectivity index (χ4v) is 1.66. The zero-order valence-electron chi connectivity index (χ0n) is 13.0. The van der Waals surface area contributed by atoms with Crippen molar-refractivity contribution in [2.24, 2.45) is 4.99 Å². The number of hydrogen-bond donors (Lipinski definition) is 2. The van der Waals surface area contributed by atoms with Crippen LogP contribution >= 0.6 is 24.0 Å². The van der Waals surface area contributed by atoms with Gasteiger partial charge in [-0.25, -0.2) is 4.99 Å². The Bertz CT molecular complexity index is 427. The predicted molar refractivity (Wildman–Crippen MR) is 96.1 cm³/mol. The number of rotatable bonds is 4. The molecule has 0 saturated carbocycles. The summed E-state index contributed by atoms with van der Waals surface area (Å²) in [5, 5.41) is 6.61. The van der Waals surface area contributed by atoms with E-state index in [1.54, 1.807) is 7.11 Å². The van der Waals surface area contributed by atoms with Gasteiger partial charge in [0.2, 0.25) is 0 Å². The van der Waals surface area contributed by atoms with Crippen molar-refractivity contribution < 1.29 is 4.74 Å². The maximum atomic E-state index is 5.33. The van der Waals surface area contributed by atoms with Gasteiger partial charge in [0.25, 0.3) is 0 Å². The molecule has 0 bridgehead atoms. The van der Waals surface area contributed by atoms with Crippen LogP contribution in [0.1, 0.15) is 33.3 Å². The van der Waals surface area contributed by atoms with Gasteiger partial charge in [-0.2, -0.15) is 0 Å². The molecule has 20 heavy (non-hydrogen) atoms. The van der Waals surface area contributed by atoms with Crippen LogP contribution in [0.15, 0.2) is 29.3 Å². The molecule has 0 aliphatic rings. The van der Waals surface area contributed by atoms with Crippen molar-refractivity contribution in [1.29, 1.82) is 0 Å². The second kappa shape index (κ2) is 9.05. The Morgan fingerprint density at radius 2 is 1.90 bits per heavy atom. The first kappa shape index (κ1) is 19.0. The number of halogens is 1. The number of guanidine groups is 1. The lowest BCUT2D eigenvalue weighted by Crippen LogP contribution is -2.47. The molecule has 0 radical (unpaired) electrons. The Morgan fingerprint density at radius 1 is 1.25 bits per heavy atom. The van der Waals surface area contributed by atoms with Gasteiger partial charge in [-0.3, -0.25) is 0 Å². The normalized spacial score (nSPS) is 11.6. The van der Waals surface area contributed by atoms with E-state index in [1.165, 1.54) is 0 Å². The lowest BCUT2D eigenvalue weighted by atomic mass is 10.1. The van der Waals surface area contributed by atoms with E-state index in [0.717, 1.165) is 23.8 Å². The topological polar surface area (TPSA) is 45.7 Å². The van der Waals surface area contributed by atoms with Crippen LogP contribution in [-0.2, 0) is 6.54 Å². The van der Waals surface area contributed by atoms with E-state index in [-0.39, 0.29) is 29.5 Å². The summed E-state index contributed by atoms with van der Waals surface area (Å²) in [6.45, 7) is 9.83. The standard InChI is InChI=1S/C15H25N3O.HI/c1-6-16-14(18-15(2,3)4)17-11-12-9-7-8-10-13(12)19-5;/h7-10H,6,11H2,1-5H3,(H2,16,17,18);1H. The maximum Gasteiger partial charge on any atom is 0.191 e. The Balaban J connectivity index is 0.00000361. The zero-order chi connectivity index (χ0) is 14.3. The van der Waals surface area contributed by atoms with E-state index in [2.05, 4.69) is 43.3 Å². The van der Waals surface area contributed by atoms with Crippen molar-refractivity contribution >= 4 is 29.9 Å². The van der Waals surface area contributed by atoms with Crippen molar-refractivity contribution in [3.8, 4) is 5.75 Å². The average Bonchev–Trinajstić information content (AvgIpc) is 2.35. The molecule has 114 valence electrons. The molecule has 1 aromatic carbocycles. The molecule has 1 aromatic rings. The largest absolute Gasteiger partial charge is 0.496 e. The average molecular weight is 391 g/mol.